The van der Waals surface area contributed by atoms with E-state index in [-0.39, 0.29) is 6.61 Å². The molecule has 0 spiro atoms. The highest BCUT2D eigenvalue weighted by molar-refractivity contribution is 5.44. The Morgan fingerprint density at radius 3 is 2.60 bits per heavy atom. The maximum Gasteiger partial charge on any atom is 0.129 e. The van der Waals surface area contributed by atoms with Crippen LogP contribution in [0.2, 0.25) is 0 Å². The monoisotopic (exact) mass is 276 g/mol. The maximum absolute atomic E-state index is 9.41. The summed E-state index contributed by atoms with van der Waals surface area (Å²) in [5, 5.41) is 9.41. The van der Waals surface area contributed by atoms with Gasteiger partial charge in [0.1, 0.15) is 5.82 Å². The summed E-state index contributed by atoms with van der Waals surface area (Å²) < 4.78 is 0. The second-order valence-electron chi connectivity index (χ2n) is 6.45. The molecular formula is C17H28N2O. The SMILES string of the molecule is Cc1cc(CO)cc(N(CCC(C)C)C2CCCC2)n1. The van der Waals surface area contributed by atoms with Crippen LogP contribution in [0, 0.1) is 12.8 Å². The molecule has 1 N–H and O–H groups in total. The van der Waals surface area contributed by atoms with Gasteiger partial charge in [-0.1, -0.05) is 26.7 Å². The van der Waals surface area contributed by atoms with Crippen molar-refractivity contribution in [2.45, 2.75) is 65.5 Å². The maximum atomic E-state index is 9.41. The largest absolute Gasteiger partial charge is 0.392 e. The average molecular weight is 276 g/mol. The average Bonchev–Trinajstić information content (AvgIpc) is 2.92. The Hall–Kier alpha value is -1.09. The molecule has 1 aliphatic carbocycles. The molecule has 1 fully saturated rings. The summed E-state index contributed by atoms with van der Waals surface area (Å²) >= 11 is 0. The summed E-state index contributed by atoms with van der Waals surface area (Å²) in [7, 11) is 0. The Morgan fingerprint density at radius 2 is 2.00 bits per heavy atom. The highest BCUT2D eigenvalue weighted by Crippen LogP contribution is 2.28. The van der Waals surface area contributed by atoms with Crippen molar-refractivity contribution < 1.29 is 5.11 Å². The molecule has 1 aromatic heterocycles. The molecular weight excluding hydrogens is 248 g/mol. The third-order valence-corrected chi connectivity index (χ3v) is 4.19. The fourth-order valence-electron chi connectivity index (χ4n) is 3.06. The number of aliphatic hydroxyl groups excluding tert-OH is 1. The van der Waals surface area contributed by atoms with Gasteiger partial charge in [-0.3, -0.25) is 0 Å². The highest BCUT2D eigenvalue weighted by atomic mass is 16.3. The van der Waals surface area contributed by atoms with Gasteiger partial charge in [0.05, 0.1) is 6.61 Å². The first-order valence-corrected chi connectivity index (χ1v) is 7.95. The Morgan fingerprint density at radius 1 is 1.30 bits per heavy atom. The van der Waals surface area contributed by atoms with Crippen molar-refractivity contribution in [3.63, 3.8) is 0 Å². The van der Waals surface area contributed by atoms with Crippen molar-refractivity contribution >= 4 is 5.82 Å². The molecule has 1 aromatic rings. The fourth-order valence-corrected chi connectivity index (χ4v) is 3.06. The second kappa shape index (κ2) is 7.07. The van der Waals surface area contributed by atoms with Crippen molar-refractivity contribution in [3.8, 4) is 0 Å². The first-order chi connectivity index (χ1) is 9.60. The van der Waals surface area contributed by atoms with Gasteiger partial charge in [0.15, 0.2) is 0 Å². The Bertz CT molecular complexity index is 425. The predicted octanol–water partition coefficient (Wildman–Crippen LogP) is 3.68. The van der Waals surface area contributed by atoms with E-state index in [1.165, 1.54) is 32.1 Å². The molecule has 0 saturated heterocycles. The lowest BCUT2D eigenvalue weighted by Gasteiger charge is -2.31. The van der Waals surface area contributed by atoms with E-state index >= 15 is 0 Å². The number of aromatic nitrogens is 1. The number of hydrogen-bond donors (Lipinski definition) is 1. The zero-order chi connectivity index (χ0) is 14.5. The van der Waals surface area contributed by atoms with E-state index in [0.717, 1.165) is 23.6 Å². The molecule has 0 aromatic carbocycles. The van der Waals surface area contributed by atoms with Crippen molar-refractivity contribution in [2.24, 2.45) is 5.92 Å². The van der Waals surface area contributed by atoms with Crippen LogP contribution in [-0.4, -0.2) is 22.7 Å². The fraction of sp³-hybridized carbons (Fsp3) is 0.706. The van der Waals surface area contributed by atoms with Gasteiger partial charge in [-0.2, -0.15) is 0 Å². The number of aliphatic hydroxyl groups is 1. The van der Waals surface area contributed by atoms with E-state index < -0.39 is 0 Å². The summed E-state index contributed by atoms with van der Waals surface area (Å²) in [5.41, 5.74) is 1.97. The van der Waals surface area contributed by atoms with E-state index in [4.69, 9.17) is 4.98 Å². The summed E-state index contributed by atoms with van der Waals surface area (Å²) in [4.78, 5) is 7.20. The number of nitrogens with zero attached hydrogens (tertiary/aromatic N) is 2. The Balaban J connectivity index is 2.22. The van der Waals surface area contributed by atoms with E-state index in [1.54, 1.807) is 0 Å². The molecule has 0 radical (unpaired) electrons. The van der Waals surface area contributed by atoms with Gasteiger partial charge in [-0.25, -0.2) is 4.98 Å². The molecule has 1 heterocycles. The van der Waals surface area contributed by atoms with E-state index in [0.29, 0.717) is 12.0 Å². The first-order valence-electron chi connectivity index (χ1n) is 7.95. The molecule has 0 amide bonds. The van der Waals surface area contributed by atoms with Crippen LogP contribution in [0.5, 0.6) is 0 Å². The number of rotatable bonds is 6. The molecule has 3 heteroatoms. The summed E-state index contributed by atoms with van der Waals surface area (Å²) in [6, 6.07) is 4.67. The van der Waals surface area contributed by atoms with Gasteiger partial charge < -0.3 is 10.0 Å². The number of aryl methyl sites for hydroxylation is 1. The highest BCUT2D eigenvalue weighted by Gasteiger charge is 2.24. The van der Waals surface area contributed by atoms with Gasteiger partial charge in [0.25, 0.3) is 0 Å². The van der Waals surface area contributed by atoms with Gasteiger partial charge in [0, 0.05) is 18.3 Å². The van der Waals surface area contributed by atoms with Gasteiger partial charge in [-0.05, 0) is 49.8 Å². The standard InChI is InChI=1S/C17H28N2O/c1-13(2)8-9-19(16-6-4-5-7-16)17-11-15(12-20)10-14(3)18-17/h10-11,13,16,20H,4-9,12H2,1-3H3. The third kappa shape index (κ3) is 3.95. The zero-order valence-corrected chi connectivity index (χ0v) is 13.1. The minimum Gasteiger partial charge on any atom is -0.392 e. The van der Waals surface area contributed by atoms with Crippen LogP contribution >= 0.6 is 0 Å². The van der Waals surface area contributed by atoms with Crippen LogP contribution < -0.4 is 4.90 Å². The number of anilines is 1. The molecule has 0 atom stereocenters. The lowest BCUT2D eigenvalue weighted by molar-refractivity contribution is 0.281. The van der Waals surface area contributed by atoms with Crippen molar-refractivity contribution in [1.29, 1.82) is 0 Å². The summed E-state index contributed by atoms with van der Waals surface area (Å²) in [6.07, 6.45) is 6.42. The normalized spacial score (nSPS) is 16.1. The second-order valence-corrected chi connectivity index (χ2v) is 6.45. The van der Waals surface area contributed by atoms with E-state index in [9.17, 15) is 5.11 Å². The molecule has 112 valence electrons. The summed E-state index contributed by atoms with van der Waals surface area (Å²) in [6.45, 7) is 7.73. The lowest BCUT2D eigenvalue weighted by atomic mass is 10.1. The molecule has 3 nitrogen and oxygen atoms in total. The Kier molecular flexibility index (Phi) is 5.41. The molecule has 1 aliphatic rings. The summed E-state index contributed by atoms with van der Waals surface area (Å²) in [5.74, 6) is 1.77. The van der Waals surface area contributed by atoms with E-state index in [1.807, 2.05) is 13.0 Å². The third-order valence-electron chi connectivity index (χ3n) is 4.19. The predicted molar refractivity (Wildman–Crippen MR) is 84.0 cm³/mol. The Labute approximate surface area is 123 Å². The van der Waals surface area contributed by atoms with Crippen LogP contribution in [0.4, 0.5) is 5.82 Å². The van der Waals surface area contributed by atoms with Crippen molar-refractivity contribution in [2.75, 3.05) is 11.4 Å². The van der Waals surface area contributed by atoms with E-state index in [2.05, 4.69) is 24.8 Å². The molecule has 1 saturated carbocycles. The van der Waals surface area contributed by atoms with Crippen molar-refractivity contribution in [1.82, 2.24) is 4.98 Å². The molecule has 0 unspecified atom stereocenters. The first kappa shape index (κ1) is 15.3. The molecule has 0 bridgehead atoms. The number of hydrogen-bond acceptors (Lipinski definition) is 3. The minimum atomic E-state index is 0.0963. The molecule has 2 rings (SSSR count). The van der Waals surface area contributed by atoms with Gasteiger partial charge >= 0.3 is 0 Å². The van der Waals surface area contributed by atoms with Crippen LogP contribution in [0.15, 0.2) is 12.1 Å². The van der Waals surface area contributed by atoms with Gasteiger partial charge in [-0.15, -0.1) is 0 Å². The van der Waals surface area contributed by atoms with Gasteiger partial charge in [0.2, 0.25) is 0 Å². The van der Waals surface area contributed by atoms with Crippen LogP contribution in [0.25, 0.3) is 0 Å². The van der Waals surface area contributed by atoms with Crippen molar-refractivity contribution in [3.05, 3.63) is 23.4 Å². The quantitative estimate of drug-likeness (QED) is 0.861. The molecule has 0 aliphatic heterocycles. The lowest BCUT2D eigenvalue weighted by Crippen LogP contribution is -2.35. The topological polar surface area (TPSA) is 36.4 Å². The van der Waals surface area contributed by atoms with Crippen LogP contribution in [-0.2, 0) is 6.61 Å². The number of pyridine rings is 1. The smallest absolute Gasteiger partial charge is 0.129 e. The molecule has 20 heavy (non-hydrogen) atoms. The zero-order valence-electron chi connectivity index (χ0n) is 13.1. The van der Waals surface area contributed by atoms with Crippen LogP contribution in [0.1, 0.15) is 57.2 Å². The van der Waals surface area contributed by atoms with Crippen LogP contribution in [0.3, 0.4) is 0 Å². The minimum absolute atomic E-state index is 0.0963.